The second kappa shape index (κ2) is 8.30. The summed E-state index contributed by atoms with van der Waals surface area (Å²) in [4.78, 5) is 35.1. The van der Waals surface area contributed by atoms with Gasteiger partial charge in [-0.1, -0.05) is 0 Å². The Morgan fingerprint density at radius 1 is 1.16 bits per heavy atom. The predicted molar refractivity (Wildman–Crippen MR) is 129 cm³/mol. The number of carbonyl (C=O) groups excluding carboxylic acids is 2. The third-order valence-electron chi connectivity index (χ3n) is 7.05. The molecule has 3 aromatic heterocycles. The summed E-state index contributed by atoms with van der Waals surface area (Å²) in [5.41, 5.74) is 6.33. The molecule has 2 aliphatic rings. The number of benzene rings is 1. The average Bonchev–Trinajstić information content (AvgIpc) is 3.50. The standard InChI is InChI=1S/C25H22F3N7O3/c1-33-20-17-10-14(2-5-19(17)32-21(29)18(20)12-31-33)22(36)35(34-9-8-24(6-7-24)38-23(34)37)13-16-4-3-15(11-30-16)25(26,27)28/h2-5,10-12H,6-9,13H2,1H3,(H2,29,32). The number of alkyl halides is 3. The molecule has 0 radical (unpaired) electrons. The summed E-state index contributed by atoms with van der Waals surface area (Å²) < 4.78 is 46.3. The molecule has 10 nitrogen and oxygen atoms in total. The zero-order valence-corrected chi connectivity index (χ0v) is 20.2. The lowest BCUT2D eigenvalue weighted by Crippen LogP contribution is -2.54. The van der Waals surface area contributed by atoms with E-state index >= 15 is 0 Å². The molecule has 2 amide bonds. The van der Waals surface area contributed by atoms with Crippen molar-refractivity contribution in [3.05, 3.63) is 59.5 Å². The van der Waals surface area contributed by atoms with Crippen LogP contribution in [-0.2, 0) is 24.5 Å². The van der Waals surface area contributed by atoms with Crippen LogP contribution in [0.4, 0.5) is 23.8 Å². The van der Waals surface area contributed by atoms with Crippen molar-refractivity contribution < 1.29 is 27.5 Å². The first-order chi connectivity index (χ1) is 18.0. The van der Waals surface area contributed by atoms with Gasteiger partial charge in [-0.15, -0.1) is 0 Å². The van der Waals surface area contributed by atoms with Gasteiger partial charge in [-0.25, -0.2) is 19.8 Å². The van der Waals surface area contributed by atoms with Crippen LogP contribution in [0.15, 0.2) is 42.7 Å². The minimum absolute atomic E-state index is 0.176. The zero-order chi connectivity index (χ0) is 26.8. The quantitative estimate of drug-likeness (QED) is 0.427. The maximum Gasteiger partial charge on any atom is 0.429 e. The number of ether oxygens (including phenoxy) is 1. The van der Waals surface area contributed by atoms with E-state index in [1.165, 1.54) is 16.1 Å². The molecule has 38 heavy (non-hydrogen) atoms. The Kier molecular flexibility index (Phi) is 5.23. The number of aromatic nitrogens is 4. The average molecular weight is 525 g/mol. The van der Waals surface area contributed by atoms with Crippen molar-refractivity contribution in [1.82, 2.24) is 29.8 Å². The van der Waals surface area contributed by atoms with Crippen LogP contribution < -0.4 is 5.73 Å². The lowest BCUT2D eigenvalue weighted by molar-refractivity contribution is -0.137. The Morgan fingerprint density at radius 2 is 1.95 bits per heavy atom. The Hall–Kier alpha value is -4.42. The number of pyridine rings is 2. The number of nitrogens with two attached hydrogens (primary N) is 1. The smallest absolute Gasteiger partial charge is 0.429 e. The zero-order valence-electron chi connectivity index (χ0n) is 20.2. The van der Waals surface area contributed by atoms with Crippen LogP contribution in [0.25, 0.3) is 21.8 Å². The van der Waals surface area contributed by atoms with Crippen LogP contribution in [0.5, 0.6) is 0 Å². The van der Waals surface area contributed by atoms with Crippen LogP contribution in [0, 0.1) is 0 Å². The Morgan fingerprint density at radius 3 is 2.61 bits per heavy atom. The van der Waals surface area contributed by atoms with E-state index in [1.54, 1.807) is 36.1 Å². The van der Waals surface area contributed by atoms with E-state index in [9.17, 15) is 22.8 Å². The van der Waals surface area contributed by atoms with Crippen LogP contribution in [0.1, 0.15) is 40.9 Å². The number of hydrogen-bond acceptors (Lipinski definition) is 7. The molecule has 1 spiro atoms. The van der Waals surface area contributed by atoms with Gasteiger partial charge in [0.15, 0.2) is 0 Å². The molecule has 13 heteroatoms. The maximum atomic E-state index is 13.9. The van der Waals surface area contributed by atoms with E-state index in [1.807, 2.05) is 0 Å². The number of amides is 2. The van der Waals surface area contributed by atoms with E-state index < -0.39 is 29.3 Å². The molecule has 0 atom stereocenters. The Bertz CT molecular complexity index is 1600. The summed E-state index contributed by atoms with van der Waals surface area (Å²) in [5.74, 6) is -0.246. The Balaban J connectivity index is 1.39. The van der Waals surface area contributed by atoms with Gasteiger partial charge in [-0.2, -0.15) is 18.3 Å². The fourth-order valence-corrected chi connectivity index (χ4v) is 4.75. The van der Waals surface area contributed by atoms with Gasteiger partial charge in [-0.3, -0.25) is 14.5 Å². The summed E-state index contributed by atoms with van der Waals surface area (Å²) in [5, 5.41) is 7.86. The van der Waals surface area contributed by atoms with Crippen LogP contribution >= 0.6 is 0 Å². The van der Waals surface area contributed by atoms with Crippen LogP contribution in [-0.4, -0.2) is 53.9 Å². The third kappa shape index (κ3) is 4.03. The molecule has 2 N–H and O–H groups in total. The van der Waals surface area contributed by atoms with Crippen molar-refractivity contribution in [3.63, 3.8) is 0 Å². The van der Waals surface area contributed by atoms with Crippen molar-refractivity contribution in [2.45, 2.75) is 37.6 Å². The molecule has 2 fully saturated rings. The van der Waals surface area contributed by atoms with Crippen LogP contribution in [0.2, 0.25) is 0 Å². The van der Waals surface area contributed by atoms with Gasteiger partial charge >= 0.3 is 12.3 Å². The highest BCUT2D eigenvalue weighted by Crippen LogP contribution is 2.45. The van der Waals surface area contributed by atoms with Gasteiger partial charge in [0.1, 0.15) is 11.4 Å². The molecule has 196 valence electrons. The van der Waals surface area contributed by atoms with Crippen molar-refractivity contribution >= 4 is 39.6 Å². The van der Waals surface area contributed by atoms with Gasteiger partial charge < -0.3 is 10.5 Å². The molecule has 1 aromatic carbocycles. The fourth-order valence-electron chi connectivity index (χ4n) is 4.75. The molecule has 4 aromatic rings. The molecular formula is C25H22F3N7O3. The van der Waals surface area contributed by atoms with E-state index in [-0.39, 0.29) is 24.3 Å². The number of nitrogen functional groups attached to an aromatic ring is 1. The summed E-state index contributed by atoms with van der Waals surface area (Å²) in [7, 11) is 1.75. The number of rotatable bonds is 4. The normalized spacial score (nSPS) is 16.7. The highest BCUT2D eigenvalue weighted by atomic mass is 19.4. The summed E-state index contributed by atoms with van der Waals surface area (Å²) in [6, 6.07) is 6.92. The van der Waals surface area contributed by atoms with Gasteiger partial charge in [0, 0.05) is 37.2 Å². The number of hydrazine groups is 1. The van der Waals surface area contributed by atoms with Crippen molar-refractivity contribution in [3.8, 4) is 0 Å². The number of anilines is 1. The largest absolute Gasteiger partial charge is 0.442 e. The van der Waals surface area contributed by atoms with E-state index in [2.05, 4.69) is 15.1 Å². The maximum absolute atomic E-state index is 13.9. The fraction of sp³-hybridized carbons (Fsp3) is 0.320. The van der Waals surface area contributed by atoms with Gasteiger partial charge in [-0.05, 0) is 43.2 Å². The summed E-state index contributed by atoms with van der Waals surface area (Å²) >= 11 is 0. The second-order valence-electron chi connectivity index (χ2n) is 9.58. The molecule has 1 aliphatic carbocycles. The lowest BCUT2D eigenvalue weighted by Gasteiger charge is -2.39. The van der Waals surface area contributed by atoms with Gasteiger partial charge in [0.25, 0.3) is 5.91 Å². The van der Waals surface area contributed by atoms with E-state index in [0.717, 1.165) is 18.9 Å². The molecule has 1 saturated heterocycles. The van der Waals surface area contributed by atoms with Gasteiger partial charge in [0.2, 0.25) is 0 Å². The van der Waals surface area contributed by atoms with Crippen molar-refractivity contribution in [1.29, 1.82) is 0 Å². The van der Waals surface area contributed by atoms with E-state index in [4.69, 9.17) is 10.5 Å². The number of fused-ring (bicyclic) bond motifs is 3. The first-order valence-corrected chi connectivity index (χ1v) is 11.9. The number of carbonyl (C=O) groups is 2. The molecule has 4 heterocycles. The third-order valence-corrected chi connectivity index (χ3v) is 7.05. The topological polar surface area (TPSA) is 119 Å². The van der Waals surface area contributed by atoms with Crippen molar-refractivity contribution in [2.75, 3.05) is 12.3 Å². The molecule has 1 saturated carbocycles. The van der Waals surface area contributed by atoms with E-state index in [0.29, 0.717) is 40.2 Å². The summed E-state index contributed by atoms with van der Waals surface area (Å²) in [6.45, 7) is -0.0128. The Labute approximate surface area is 213 Å². The number of nitrogens with zero attached hydrogens (tertiary/aromatic N) is 6. The highest BCUT2D eigenvalue weighted by Gasteiger charge is 2.52. The molecule has 1 aliphatic heterocycles. The molecular weight excluding hydrogens is 503 g/mol. The van der Waals surface area contributed by atoms with Crippen molar-refractivity contribution in [2.24, 2.45) is 7.05 Å². The number of hydrogen-bond donors (Lipinski definition) is 1. The minimum Gasteiger partial charge on any atom is -0.442 e. The van der Waals surface area contributed by atoms with Crippen LogP contribution in [0.3, 0.4) is 0 Å². The minimum atomic E-state index is -4.55. The monoisotopic (exact) mass is 525 g/mol. The molecule has 0 bridgehead atoms. The summed E-state index contributed by atoms with van der Waals surface area (Å²) in [6.07, 6.45) is -0.860. The highest BCUT2D eigenvalue weighted by molar-refractivity contribution is 6.10. The predicted octanol–water partition coefficient (Wildman–Crippen LogP) is 4.05. The first-order valence-electron chi connectivity index (χ1n) is 11.9. The lowest BCUT2D eigenvalue weighted by atomic mass is 10.1. The SMILES string of the molecule is Cn1ncc2c(N)nc3ccc(C(=O)N(Cc4ccc(C(F)(F)F)cn4)N4CCC5(CC5)OC4=O)cc3c21. The van der Waals surface area contributed by atoms with Gasteiger partial charge in [0.05, 0.1) is 40.4 Å². The molecule has 6 rings (SSSR count). The molecule has 0 unspecified atom stereocenters. The number of halogens is 3. The number of aryl methyl sites for hydroxylation is 1. The first kappa shape index (κ1) is 23.9. The second-order valence-corrected chi connectivity index (χ2v) is 9.58.